The van der Waals surface area contributed by atoms with Crippen LogP contribution in [0.2, 0.25) is 0 Å². The second-order valence-corrected chi connectivity index (χ2v) is 8.24. The molecule has 0 atom stereocenters. The van der Waals surface area contributed by atoms with Crippen molar-refractivity contribution >= 4 is 27.3 Å². The van der Waals surface area contributed by atoms with E-state index in [1.807, 2.05) is 17.5 Å². The van der Waals surface area contributed by atoms with Crippen molar-refractivity contribution in [1.82, 2.24) is 9.63 Å². The van der Waals surface area contributed by atoms with E-state index < -0.39 is 16.0 Å². The Morgan fingerprint density at radius 3 is 2.63 bits per heavy atom. The number of benzene rings is 1. The van der Waals surface area contributed by atoms with Gasteiger partial charge in [0, 0.05) is 13.1 Å². The summed E-state index contributed by atoms with van der Waals surface area (Å²) >= 11 is 1.51. The first kappa shape index (κ1) is 19.2. The van der Waals surface area contributed by atoms with Gasteiger partial charge in [-0.3, -0.25) is 4.84 Å². The molecule has 0 amide bonds. The normalized spacial score (nSPS) is 11.7. The van der Waals surface area contributed by atoms with Gasteiger partial charge in [0.25, 0.3) is 10.0 Å². The maximum absolute atomic E-state index is 12.1. The Kier molecular flexibility index (Phi) is 5.71. The molecule has 8 nitrogen and oxygen atoms in total. The Morgan fingerprint density at radius 1 is 1.26 bits per heavy atom. The van der Waals surface area contributed by atoms with Crippen LogP contribution < -0.4 is 0 Å². The Morgan fingerprint density at radius 2 is 2.00 bits per heavy atom. The quantitative estimate of drug-likeness (QED) is 0.438. The summed E-state index contributed by atoms with van der Waals surface area (Å²) in [4.78, 5) is 17.8. The van der Waals surface area contributed by atoms with E-state index in [1.54, 1.807) is 6.07 Å². The molecule has 3 aromatic rings. The molecule has 0 fully saturated rings. The number of aromatic nitrogens is 1. The van der Waals surface area contributed by atoms with Crippen molar-refractivity contribution in [3.8, 4) is 10.6 Å². The lowest BCUT2D eigenvalue weighted by molar-refractivity contribution is -0.0258. The van der Waals surface area contributed by atoms with Crippen molar-refractivity contribution in [2.45, 2.75) is 11.5 Å². The highest BCUT2D eigenvalue weighted by Gasteiger charge is 2.21. The third kappa shape index (κ3) is 4.25. The Hall–Kier alpha value is -2.53. The van der Waals surface area contributed by atoms with Crippen LogP contribution >= 0.6 is 11.3 Å². The van der Waals surface area contributed by atoms with Gasteiger partial charge in [0.1, 0.15) is 12.3 Å². The summed E-state index contributed by atoms with van der Waals surface area (Å²) in [5.41, 5.74) is 0.698. The molecule has 0 N–H and O–H groups in total. The fraction of sp³-hybridized carbons (Fsp3) is 0.176. The second-order valence-electron chi connectivity index (χ2n) is 5.36. The number of carbonyl (C=O) groups is 1. The maximum atomic E-state index is 12.1. The number of hydrogen-bond acceptors (Lipinski definition) is 8. The van der Waals surface area contributed by atoms with Gasteiger partial charge in [-0.1, -0.05) is 15.7 Å². The minimum absolute atomic E-state index is 0.000455. The van der Waals surface area contributed by atoms with Crippen molar-refractivity contribution < 1.29 is 27.3 Å². The van der Waals surface area contributed by atoms with Crippen molar-refractivity contribution in [3.63, 3.8) is 0 Å². The number of thiophene rings is 1. The van der Waals surface area contributed by atoms with Crippen molar-refractivity contribution in [2.75, 3.05) is 14.2 Å². The van der Waals surface area contributed by atoms with Gasteiger partial charge in [0.15, 0.2) is 5.76 Å². The van der Waals surface area contributed by atoms with Gasteiger partial charge in [0.05, 0.1) is 22.4 Å². The molecule has 0 aliphatic rings. The van der Waals surface area contributed by atoms with Gasteiger partial charge in [-0.25, -0.2) is 13.2 Å². The van der Waals surface area contributed by atoms with E-state index in [0.717, 1.165) is 9.35 Å². The molecule has 27 heavy (non-hydrogen) atoms. The molecule has 1 aromatic carbocycles. The van der Waals surface area contributed by atoms with Crippen LogP contribution in [0.3, 0.4) is 0 Å². The number of nitrogens with zero attached hydrogens (tertiary/aromatic N) is 2. The van der Waals surface area contributed by atoms with Crippen LogP contribution in [-0.2, 0) is 26.2 Å². The maximum Gasteiger partial charge on any atom is 0.338 e. The predicted molar refractivity (Wildman–Crippen MR) is 97.3 cm³/mol. The molecule has 0 saturated heterocycles. The number of ether oxygens (including phenoxy) is 1. The summed E-state index contributed by atoms with van der Waals surface area (Å²) in [5, 5.41) is 5.79. The molecule has 0 aliphatic heterocycles. The zero-order chi connectivity index (χ0) is 19.4. The monoisotopic (exact) mass is 408 g/mol. The number of hydrogen-bond donors (Lipinski definition) is 0. The molecule has 0 unspecified atom stereocenters. The zero-order valence-electron chi connectivity index (χ0n) is 14.5. The number of hydroxylamine groups is 1. The van der Waals surface area contributed by atoms with E-state index in [9.17, 15) is 13.2 Å². The zero-order valence-corrected chi connectivity index (χ0v) is 16.1. The fourth-order valence-corrected chi connectivity index (χ4v) is 3.79. The minimum atomic E-state index is -3.77. The molecule has 0 radical (unpaired) electrons. The van der Waals surface area contributed by atoms with E-state index in [1.165, 1.54) is 49.8 Å². The first-order chi connectivity index (χ1) is 12.9. The average Bonchev–Trinajstić information content (AvgIpc) is 3.37. The smallest absolute Gasteiger partial charge is 0.338 e. The SMILES string of the molecule is CON(C)S(=O)(=O)c1ccc(C(=O)OCc2cc(-c3cccs3)on2)cc1. The van der Waals surface area contributed by atoms with Crippen LogP contribution in [0.5, 0.6) is 0 Å². The fourth-order valence-electron chi connectivity index (χ4n) is 2.15. The molecular formula is C17H16N2O6S2. The van der Waals surface area contributed by atoms with Crippen LogP contribution in [0, 0.1) is 0 Å². The van der Waals surface area contributed by atoms with Gasteiger partial charge in [-0.2, -0.15) is 0 Å². The molecule has 0 aliphatic carbocycles. The lowest BCUT2D eigenvalue weighted by Crippen LogP contribution is -2.25. The summed E-state index contributed by atoms with van der Waals surface area (Å²) in [6, 6.07) is 10.9. The Bertz CT molecular complexity index is 1010. The van der Waals surface area contributed by atoms with Gasteiger partial charge >= 0.3 is 5.97 Å². The highest BCUT2D eigenvalue weighted by atomic mass is 32.2. The molecule has 142 valence electrons. The van der Waals surface area contributed by atoms with Crippen LogP contribution in [-0.4, -0.2) is 38.2 Å². The van der Waals surface area contributed by atoms with E-state index in [-0.39, 0.29) is 17.1 Å². The first-order valence-corrected chi connectivity index (χ1v) is 10.0. The largest absolute Gasteiger partial charge is 0.455 e. The third-order valence-electron chi connectivity index (χ3n) is 3.66. The van der Waals surface area contributed by atoms with Gasteiger partial charge in [-0.05, 0) is 35.7 Å². The molecule has 10 heteroatoms. The number of sulfonamides is 1. The lowest BCUT2D eigenvalue weighted by atomic mass is 10.2. The molecule has 2 heterocycles. The Balaban J connectivity index is 1.63. The van der Waals surface area contributed by atoms with Gasteiger partial charge < -0.3 is 9.26 Å². The van der Waals surface area contributed by atoms with Crippen molar-refractivity contribution in [1.29, 1.82) is 0 Å². The third-order valence-corrected chi connectivity index (χ3v) is 6.24. The topological polar surface area (TPSA) is 98.9 Å². The highest BCUT2D eigenvalue weighted by Crippen LogP contribution is 2.25. The van der Waals surface area contributed by atoms with Crippen LogP contribution in [0.15, 0.2) is 57.3 Å². The van der Waals surface area contributed by atoms with Crippen LogP contribution in [0.25, 0.3) is 10.6 Å². The lowest BCUT2D eigenvalue weighted by Gasteiger charge is -2.14. The number of carbonyl (C=O) groups excluding carboxylic acids is 1. The van der Waals surface area contributed by atoms with E-state index in [2.05, 4.69) is 5.16 Å². The average molecular weight is 408 g/mol. The van der Waals surface area contributed by atoms with Gasteiger partial charge in [-0.15, -0.1) is 11.3 Å². The predicted octanol–water partition coefficient (Wildman–Crippen LogP) is 2.94. The molecule has 0 bridgehead atoms. The summed E-state index contributed by atoms with van der Waals surface area (Å²) in [6.07, 6.45) is 0. The van der Waals surface area contributed by atoms with E-state index in [4.69, 9.17) is 14.1 Å². The van der Waals surface area contributed by atoms with E-state index >= 15 is 0 Å². The molecule has 3 rings (SSSR count). The second kappa shape index (κ2) is 8.01. The molecule has 0 saturated carbocycles. The van der Waals surface area contributed by atoms with E-state index in [0.29, 0.717) is 11.5 Å². The number of rotatable bonds is 7. The summed E-state index contributed by atoms with van der Waals surface area (Å²) in [5.74, 6) is 0.00703. The summed E-state index contributed by atoms with van der Waals surface area (Å²) < 4.78 is 35.4. The molecule has 2 aromatic heterocycles. The van der Waals surface area contributed by atoms with Crippen molar-refractivity contribution in [3.05, 3.63) is 59.1 Å². The standard InChI is InChI=1S/C17H16N2O6S2/c1-19(23-2)27(21,22)14-7-5-12(6-8-14)17(20)24-11-13-10-15(25-18-13)16-4-3-9-26-16/h3-10H,11H2,1-2H3. The van der Waals surface area contributed by atoms with Crippen LogP contribution in [0.1, 0.15) is 16.1 Å². The first-order valence-electron chi connectivity index (χ1n) is 7.71. The minimum Gasteiger partial charge on any atom is -0.455 e. The van der Waals surface area contributed by atoms with Gasteiger partial charge in [0.2, 0.25) is 0 Å². The van der Waals surface area contributed by atoms with Crippen LogP contribution in [0.4, 0.5) is 0 Å². The summed E-state index contributed by atoms with van der Waals surface area (Å²) in [6.45, 7) is -0.0554. The number of esters is 1. The molecular weight excluding hydrogens is 392 g/mol. The molecule has 0 spiro atoms. The highest BCUT2D eigenvalue weighted by molar-refractivity contribution is 7.89. The summed E-state index contributed by atoms with van der Waals surface area (Å²) in [7, 11) is -1.24. The Labute approximate surface area is 159 Å². The van der Waals surface area contributed by atoms with Crippen molar-refractivity contribution in [2.24, 2.45) is 0 Å².